The molecule has 0 aliphatic carbocycles. The van der Waals surface area contributed by atoms with Gasteiger partial charge in [0.2, 0.25) is 0 Å². The van der Waals surface area contributed by atoms with E-state index in [1.165, 1.54) is 16.2 Å². The van der Waals surface area contributed by atoms with Gasteiger partial charge in [0.15, 0.2) is 6.23 Å². The Balaban J connectivity index is 1.75. The van der Waals surface area contributed by atoms with E-state index in [-0.39, 0.29) is 6.23 Å². The molecular formula is C15H14N2OS. The fourth-order valence-corrected chi connectivity index (χ4v) is 3.53. The Morgan fingerprint density at radius 3 is 3.00 bits per heavy atom. The van der Waals surface area contributed by atoms with E-state index in [4.69, 9.17) is 9.84 Å². The number of ether oxygens (including phenoxy) is 1. The lowest BCUT2D eigenvalue weighted by molar-refractivity contribution is -0.00334. The average Bonchev–Trinajstić information content (AvgIpc) is 3.08. The van der Waals surface area contributed by atoms with Crippen molar-refractivity contribution in [1.29, 1.82) is 0 Å². The highest BCUT2D eigenvalue weighted by Crippen LogP contribution is 2.42. The summed E-state index contributed by atoms with van der Waals surface area (Å²) in [4.78, 5) is 1.26. The Labute approximate surface area is 116 Å². The van der Waals surface area contributed by atoms with Crippen LogP contribution in [-0.2, 0) is 0 Å². The molecule has 19 heavy (non-hydrogen) atoms. The topological polar surface area (TPSA) is 24.8 Å². The van der Waals surface area contributed by atoms with Crippen molar-refractivity contribution in [1.82, 2.24) is 5.01 Å². The van der Waals surface area contributed by atoms with Crippen molar-refractivity contribution in [2.24, 2.45) is 5.10 Å². The molecule has 0 spiro atoms. The molecular weight excluding hydrogens is 256 g/mol. The number of nitrogens with zero attached hydrogens (tertiary/aromatic N) is 2. The first-order chi connectivity index (χ1) is 9.33. The molecule has 4 rings (SSSR count). The number of thiophene rings is 1. The molecule has 0 radical (unpaired) electrons. The first kappa shape index (κ1) is 11.1. The Bertz CT molecular complexity index is 635. The number of para-hydroxylation sites is 1. The van der Waals surface area contributed by atoms with Crippen LogP contribution in [0.25, 0.3) is 0 Å². The fourth-order valence-electron chi connectivity index (χ4n) is 2.81. The number of rotatable bonds is 1. The van der Waals surface area contributed by atoms with Gasteiger partial charge >= 0.3 is 0 Å². The largest absolute Gasteiger partial charge is 0.469 e. The maximum absolute atomic E-state index is 5.93. The van der Waals surface area contributed by atoms with E-state index in [2.05, 4.69) is 41.6 Å². The van der Waals surface area contributed by atoms with E-state index in [1.54, 1.807) is 11.3 Å². The zero-order valence-corrected chi connectivity index (χ0v) is 11.4. The molecule has 0 fully saturated rings. The summed E-state index contributed by atoms with van der Waals surface area (Å²) < 4.78 is 5.93. The van der Waals surface area contributed by atoms with Crippen LogP contribution in [0.15, 0.2) is 46.9 Å². The second-order valence-corrected chi connectivity index (χ2v) is 5.83. The third kappa shape index (κ3) is 1.67. The standard InChI is InChI=1S/C15H14N2OS/c1-10-17-13(11-5-2-3-6-14(11)18-10)9-12(16-17)15-7-4-8-19-15/h2-8,10,13H,9H2,1H3/t10-,13+/m0/s1. The molecule has 2 aliphatic rings. The lowest BCUT2D eigenvalue weighted by Gasteiger charge is -2.36. The summed E-state index contributed by atoms with van der Waals surface area (Å²) in [7, 11) is 0. The lowest BCUT2D eigenvalue weighted by Crippen LogP contribution is -2.37. The molecule has 2 aromatic rings. The first-order valence-corrected chi connectivity index (χ1v) is 7.36. The zero-order chi connectivity index (χ0) is 12.8. The highest BCUT2D eigenvalue weighted by Gasteiger charge is 2.38. The molecule has 1 aromatic heterocycles. The van der Waals surface area contributed by atoms with Crippen molar-refractivity contribution in [3.05, 3.63) is 52.2 Å². The Morgan fingerprint density at radius 1 is 1.26 bits per heavy atom. The van der Waals surface area contributed by atoms with Crippen molar-refractivity contribution < 1.29 is 4.74 Å². The van der Waals surface area contributed by atoms with E-state index in [9.17, 15) is 0 Å². The fraction of sp³-hybridized carbons (Fsp3) is 0.267. The summed E-state index contributed by atoms with van der Waals surface area (Å²) in [6.07, 6.45) is 0.961. The zero-order valence-electron chi connectivity index (χ0n) is 10.6. The molecule has 0 saturated heterocycles. The van der Waals surface area contributed by atoms with Crippen LogP contribution in [0.3, 0.4) is 0 Å². The van der Waals surface area contributed by atoms with E-state index in [0.29, 0.717) is 6.04 Å². The highest BCUT2D eigenvalue weighted by molar-refractivity contribution is 7.12. The molecule has 3 nitrogen and oxygen atoms in total. The summed E-state index contributed by atoms with van der Waals surface area (Å²) in [5, 5.41) is 8.96. The van der Waals surface area contributed by atoms with Crippen molar-refractivity contribution in [2.45, 2.75) is 25.6 Å². The van der Waals surface area contributed by atoms with Gasteiger partial charge in [0.25, 0.3) is 0 Å². The number of benzene rings is 1. The van der Waals surface area contributed by atoms with Crippen molar-refractivity contribution in [2.75, 3.05) is 0 Å². The molecule has 0 amide bonds. The quantitative estimate of drug-likeness (QED) is 0.790. The number of hydrogen-bond donors (Lipinski definition) is 0. The average molecular weight is 270 g/mol. The van der Waals surface area contributed by atoms with Gasteiger partial charge in [-0.3, -0.25) is 5.01 Å². The van der Waals surface area contributed by atoms with Gasteiger partial charge in [-0.15, -0.1) is 11.3 Å². The summed E-state index contributed by atoms with van der Waals surface area (Å²) in [5.41, 5.74) is 2.42. The molecule has 3 heterocycles. The molecule has 4 heteroatoms. The van der Waals surface area contributed by atoms with Crippen LogP contribution in [0, 0.1) is 0 Å². The van der Waals surface area contributed by atoms with Gasteiger partial charge in [-0.2, -0.15) is 5.10 Å². The minimum Gasteiger partial charge on any atom is -0.469 e. The maximum atomic E-state index is 5.93. The monoisotopic (exact) mass is 270 g/mol. The van der Waals surface area contributed by atoms with Crippen LogP contribution in [0.4, 0.5) is 0 Å². The molecule has 0 saturated carbocycles. The van der Waals surface area contributed by atoms with Gasteiger partial charge in [-0.05, 0) is 24.4 Å². The van der Waals surface area contributed by atoms with E-state index < -0.39 is 0 Å². The number of fused-ring (bicyclic) bond motifs is 3. The first-order valence-electron chi connectivity index (χ1n) is 6.48. The second kappa shape index (κ2) is 4.10. The predicted octanol–water partition coefficient (Wildman–Crippen LogP) is 3.64. The van der Waals surface area contributed by atoms with Gasteiger partial charge in [-0.25, -0.2) is 0 Å². The Morgan fingerprint density at radius 2 is 2.16 bits per heavy atom. The van der Waals surface area contributed by atoms with E-state index in [0.717, 1.165) is 12.2 Å². The van der Waals surface area contributed by atoms with Gasteiger partial charge < -0.3 is 4.74 Å². The summed E-state index contributed by atoms with van der Waals surface area (Å²) in [6, 6.07) is 12.8. The van der Waals surface area contributed by atoms with Gasteiger partial charge in [-0.1, -0.05) is 24.3 Å². The molecule has 2 aliphatic heterocycles. The van der Waals surface area contributed by atoms with Crippen LogP contribution in [0.1, 0.15) is 29.8 Å². The van der Waals surface area contributed by atoms with Gasteiger partial charge in [0, 0.05) is 12.0 Å². The SMILES string of the molecule is C[C@@H]1Oc2ccccc2[C@H]2CC(c3cccs3)=NN12. The van der Waals surface area contributed by atoms with E-state index >= 15 is 0 Å². The minimum atomic E-state index is -0.00244. The van der Waals surface area contributed by atoms with Gasteiger partial charge in [0.05, 0.1) is 16.6 Å². The number of hydrazone groups is 1. The Kier molecular flexibility index (Phi) is 2.38. The molecule has 0 bridgehead atoms. The van der Waals surface area contributed by atoms with Crippen LogP contribution in [0.5, 0.6) is 5.75 Å². The molecule has 0 N–H and O–H groups in total. The third-order valence-electron chi connectivity index (χ3n) is 3.70. The lowest BCUT2D eigenvalue weighted by atomic mass is 9.99. The summed E-state index contributed by atoms with van der Waals surface area (Å²) in [6.45, 7) is 2.06. The second-order valence-electron chi connectivity index (χ2n) is 4.88. The molecule has 1 aromatic carbocycles. The van der Waals surface area contributed by atoms with Crippen LogP contribution in [0.2, 0.25) is 0 Å². The predicted molar refractivity (Wildman–Crippen MR) is 76.6 cm³/mol. The minimum absolute atomic E-state index is 0.00244. The summed E-state index contributed by atoms with van der Waals surface area (Å²) >= 11 is 1.75. The Hall–Kier alpha value is -1.81. The molecule has 2 atom stereocenters. The van der Waals surface area contributed by atoms with Crippen LogP contribution in [-0.4, -0.2) is 16.9 Å². The van der Waals surface area contributed by atoms with Crippen LogP contribution >= 0.6 is 11.3 Å². The smallest absolute Gasteiger partial charge is 0.185 e. The highest BCUT2D eigenvalue weighted by atomic mass is 32.1. The van der Waals surface area contributed by atoms with Crippen LogP contribution < -0.4 is 4.74 Å². The summed E-state index contributed by atoms with van der Waals surface area (Å²) in [5.74, 6) is 0.999. The van der Waals surface area contributed by atoms with E-state index in [1.807, 2.05) is 12.1 Å². The van der Waals surface area contributed by atoms with Gasteiger partial charge in [0.1, 0.15) is 5.75 Å². The third-order valence-corrected chi connectivity index (χ3v) is 4.61. The van der Waals surface area contributed by atoms with Crippen molar-refractivity contribution >= 4 is 17.0 Å². The van der Waals surface area contributed by atoms with Crippen molar-refractivity contribution in [3.8, 4) is 5.75 Å². The molecule has 96 valence electrons. The van der Waals surface area contributed by atoms with Crippen molar-refractivity contribution in [3.63, 3.8) is 0 Å². The maximum Gasteiger partial charge on any atom is 0.185 e. The molecule has 0 unspecified atom stereocenters. The normalized spacial score (nSPS) is 24.5. The number of hydrogen-bond acceptors (Lipinski definition) is 4.